The minimum atomic E-state index is -4.65. The summed E-state index contributed by atoms with van der Waals surface area (Å²) in [6.45, 7) is 6.74. The molecule has 1 fully saturated rings. The molecule has 190 valence electrons. The lowest BCUT2D eigenvalue weighted by molar-refractivity contribution is -0.148. The average Bonchev–Trinajstić information content (AvgIpc) is 3.03. The first-order chi connectivity index (χ1) is 15.9. The molecule has 0 aliphatic heterocycles. The molecule has 8 heteroatoms. The summed E-state index contributed by atoms with van der Waals surface area (Å²) in [5.74, 6) is 0.551. The summed E-state index contributed by atoms with van der Waals surface area (Å²) in [4.78, 5) is 24.3. The fourth-order valence-corrected chi connectivity index (χ4v) is 5.44. The number of benzene rings is 1. The van der Waals surface area contributed by atoms with Gasteiger partial charge in [0.2, 0.25) is 6.41 Å². The molecule has 0 radical (unpaired) electrons. The standard InChI is InChI=1S/C26H37F3N2O3/c1-17(2)5-6-19-7-8-20-14-25(11-9-21(10-12-25)34-18(3)4)23(22(20)13-19)30-24(33)31(16-32)15-26(27,28)29/h7-8,13,16-18,21,23H,5-6,9-12,14-15H2,1-4H3,(H,30,33). The molecule has 5 nitrogen and oxygen atoms in total. The number of nitrogens with zero attached hydrogens (tertiary/aromatic N) is 1. The van der Waals surface area contributed by atoms with Crippen molar-refractivity contribution in [3.8, 4) is 0 Å². The van der Waals surface area contributed by atoms with Crippen molar-refractivity contribution in [2.24, 2.45) is 11.3 Å². The molecule has 2 aliphatic carbocycles. The van der Waals surface area contributed by atoms with Crippen molar-refractivity contribution >= 4 is 12.4 Å². The van der Waals surface area contributed by atoms with Gasteiger partial charge in [0.1, 0.15) is 6.54 Å². The van der Waals surface area contributed by atoms with Crippen molar-refractivity contribution in [3.63, 3.8) is 0 Å². The van der Waals surface area contributed by atoms with Gasteiger partial charge in [-0.2, -0.15) is 13.2 Å². The smallest absolute Gasteiger partial charge is 0.376 e. The van der Waals surface area contributed by atoms with Crippen LogP contribution in [0.2, 0.25) is 0 Å². The minimum absolute atomic E-state index is 0.0439. The normalized spacial score (nSPS) is 24.5. The zero-order valence-corrected chi connectivity index (χ0v) is 20.6. The number of rotatable bonds is 8. The first kappa shape index (κ1) is 26.5. The van der Waals surface area contributed by atoms with Crippen LogP contribution >= 0.6 is 0 Å². The fourth-order valence-electron chi connectivity index (χ4n) is 5.44. The highest BCUT2D eigenvalue weighted by Crippen LogP contribution is 2.54. The van der Waals surface area contributed by atoms with Gasteiger partial charge in [-0.1, -0.05) is 32.0 Å². The summed E-state index contributed by atoms with van der Waals surface area (Å²) in [6.07, 6.45) is 1.52. The Morgan fingerprint density at radius 3 is 2.47 bits per heavy atom. The van der Waals surface area contributed by atoms with E-state index in [-0.39, 0.29) is 28.9 Å². The summed E-state index contributed by atoms with van der Waals surface area (Å²) < 4.78 is 44.7. The van der Waals surface area contributed by atoms with Crippen LogP contribution in [0, 0.1) is 11.3 Å². The maximum absolute atomic E-state index is 12.9. The topological polar surface area (TPSA) is 58.6 Å². The molecular formula is C26H37F3N2O3. The molecule has 0 bridgehead atoms. The molecule has 1 saturated carbocycles. The molecule has 1 unspecified atom stereocenters. The van der Waals surface area contributed by atoms with Crippen LogP contribution in [0.4, 0.5) is 18.0 Å². The van der Waals surface area contributed by atoms with Gasteiger partial charge < -0.3 is 10.1 Å². The first-order valence-corrected chi connectivity index (χ1v) is 12.3. The molecule has 1 N–H and O–H groups in total. The van der Waals surface area contributed by atoms with Crippen molar-refractivity contribution in [1.82, 2.24) is 10.2 Å². The molecule has 1 aromatic carbocycles. The van der Waals surface area contributed by atoms with Crippen LogP contribution < -0.4 is 5.32 Å². The van der Waals surface area contributed by atoms with Crippen molar-refractivity contribution in [2.75, 3.05) is 6.54 Å². The lowest BCUT2D eigenvalue weighted by Gasteiger charge is -2.42. The number of ether oxygens (including phenoxy) is 1. The van der Waals surface area contributed by atoms with Gasteiger partial charge in [-0.05, 0) is 86.8 Å². The van der Waals surface area contributed by atoms with E-state index in [9.17, 15) is 22.8 Å². The molecule has 0 saturated heterocycles. The molecule has 1 atom stereocenters. The van der Waals surface area contributed by atoms with E-state index < -0.39 is 24.8 Å². The summed E-state index contributed by atoms with van der Waals surface area (Å²) in [6, 6.07) is 4.88. The number of carbonyl (C=O) groups excluding carboxylic acids is 2. The Hall–Kier alpha value is -2.09. The lowest BCUT2D eigenvalue weighted by atomic mass is 9.68. The van der Waals surface area contributed by atoms with Crippen LogP contribution in [-0.2, 0) is 22.4 Å². The van der Waals surface area contributed by atoms with E-state index in [1.165, 1.54) is 0 Å². The van der Waals surface area contributed by atoms with Crippen LogP contribution in [0.5, 0.6) is 0 Å². The Morgan fingerprint density at radius 2 is 1.91 bits per heavy atom. The second-order valence-corrected chi connectivity index (χ2v) is 10.6. The molecule has 2 aliphatic rings. The SMILES string of the molecule is CC(C)CCc1ccc2c(c1)C(NC(=O)N(C=O)CC(F)(F)F)C1(CCC(OC(C)C)CC1)C2. The summed E-state index contributed by atoms with van der Waals surface area (Å²) in [5.41, 5.74) is 2.95. The molecule has 3 rings (SSSR count). The molecule has 0 aromatic heterocycles. The van der Waals surface area contributed by atoms with Gasteiger partial charge in [-0.15, -0.1) is 0 Å². The third kappa shape index (κ3) is 6.52. The van der Waals surface area contributed by atoms with E-state index in [0.717, 1.165) is 61.6 Å². The maximum Gasteiger partial charge on any atom is 0.406 e. The van der Waals surface area contributed by atoms with Gasteiger partial charge in [0.15, 0.2) is 0 Å². The van der Waals surface area contributed by atoms with E-state index in [0.29, 0.717) is 5.92 Å². The highest BCUT2D eigenvalue weighted by atomic mass is 19.4. The summed E-state index contributed by atoms with van der Waals surface area (Å²) >= 11 is 0. The lowest BCUT2D eigenvalue weighted by Crippen LogP contribution is -2.49. The van der Waals surface area contributed by atoms with E-state index in [1.807, 2.05) is 13.8 Å². The second kappa shape index (κ2) is 10.7. The van der Waals surface area contributed by atoms with E-state index in [1.54, 1.807) is 0 Å². The molecule has 0 heterocycles. The largest absolute Gasteiger partial charge is 0.406 e. The number of nitrogens with one attached hydrogen (secondary N) is 1. The number of carbonyl (C=O) groups is 2. The Balaban J connectivity index is 1.87. The van der Waals surface area contributed by atoms with Gasteiger partial charge in [0, 0.05) is 0 Å². The van der Waals surface area contributed by atoms with E-state index >= 15 is 0 Å². The van der Waals surface area contributed by atoms with Crippen LogP contribution in [0.3, 0.4) is 0 Å². The zero-order chi connectivity index (χ0) is 25.1. The first-order valence-electron chi connectivity index (χ1n) is 12.3. The van der Waals surface area contributed by atoms with E-state index in [2.05, 4.69) is 37.4 Å². The number of alkyl halides is 3. The number of fused-ring (bicyclic) bond motifs is 1. The molecule has 3 amide bonds. The predicted octanol–water partition coefficient (Wildman–Crippen LogP) is 5.96. The van der Waals surface area contributed by atoms with Gasteiger partial charge in [0.25, 0.3) is 0 Å². The monoisotopic (exact) mass is 482 g/mol. The molecule has 1 spiro atoms. The van der Waals surface area contributed by atoms with Crippen molar-refractivity contribution in [3.05, 3.63) is 34.9 Å². The quantitative estimate of drug-likeness (QED) is 0.466. The number of halogens is 3. The number of hydrogen-bond donors (Lipinski definition) is 1. The van der Waals surface area contributed by atoms with Gasteiger partial charge in [-0.25, -0.2) is 4.79 Å². The van der Waals surface area contributed by atoms with E-state index in [4.69, 9.17) is 4.74 Å². The average molecular weight is 483 g/mol. The number of amides is 3. The number of aryl methyl sites for hydroxylation is 1. The minimum Gasteiger partial charge on any atom is -0.376 e. The number of imide groups is 1. The van der Waals surface area contributed by atoms with Crippen LogP contribution in [0.1, 0.15) is 82.5 Å². The van der Waals surface area contributed by atoms with Gasteiger partial charge in [0.05, 0.1) is 18.2 Å². The Kier molecular flexibility index (Phi) is 8.32. The fraction of sp³-hybridized carbons (Fsp3) is 0.692. The Bertz CT molecular complexity index is 861. The number of urea groups is 1. The van der Waals surface area contributed by atoms with Gasteiger partial charge >= 0.3 is 12.2 Å². The molecule has 1 aromatic rings. The molecular weight excluding hydrogens is 445 g/mol. The highest BCUT2D eigenvalue weighted by Gasteiger charge is 2.49. The van der Waals surface area contributed by atoms with Gasteiger partial charge in [-0.3, -0.25) is 9.69 Å². The third-order valence-electron chi connectivity index (χ3n) is 7.09. The van der Waals surface area contributed by atoms with Crippen molar-refractivity contribution in [1.29, 1.82) is 0 Å². The third-order valence-corrected chi connectivity index (χ3v) is 7.09. The van der Waals surface area contributed by atoms with Crippen molar-refractivity contribution in [2.45, 2.75) is 97.1 Å². The second-order valence-electron chi connectivity index (χ2n) is 10.6. The zero-order valence-electron chi connectivity index (χ0n) is 20.6. The summed E-state index contributed by atoms with van der Waals surface area (Å²) in [7, 11) is 0. The van der Waals surface area contributed by atoms with Crippen molar-refractivity contribution < 1.29 is 27.5 Å². The predicted molar refractivity (Wildman–Crippen MR) is 124 cm³/mol. The number of hydrogen-bond acceptors (Lipinski definition) is 3. The van der Waals surface area contributed by atoms with Crippen LogP contribution in [-0.4, -0.2) is 42.3 Å². The highest BCUT2D eigenvalue weighted by molar-refractivity contribution is 5.85. The summed E-state index contributed by atoms with van der Waals surface area (Å²) in [5, 5.41) is 2.83. The van der Waals surface area contributed by atoms with Crippen LogP contribution in [0.25, 0.3) is 0 Å². The Labute approximate surface area is 200 Å². The molecule has 34 heavy (non-hydrogen) atoms. The maximum atomic E-state index is 12.9. The van der Waals surface area contributed by atoms with Crippen LogP contribution in [0.15, 0.2) is 18.2 Å². The Morgan fingerprint density at radius 1 is 1.24 bits per heavy atom.